The second-order valence-corrected chi connectivity index (χ2v) is 15.5. The summed E-state index contributed by atoms with van der Waals surface area (Å²) in [5, 5.41) is 8.80. The highest BCUT2D eigenvalue weighted by molar-refractivity contribution is 6.74. The minimum atomic E-state index is -1.84. The predicted molar refractivity (Wildman–Crippen MR) is 126 cm³/mol. The van der Waals surface area contributed by atoms with Crippen LogP contribution in [0.15, 0.2) is 0 Å². The molecular weight excluding hydrogens is 398 g/mol. The van der Waals surface area contributed by atoms with Crippen LogP contribution in [0.4, 0.5) is 4.79 Å². The molecule has 0 saturated heterocycles. The van der Waals surface area contributed by atoms with E-state index in [2.05, 4.69) is 33.9 Å². The molecule has 0 spiro atoms. The van der Waals surface area contributed by atoms with Gasteiger partial charge in [-0.25, -0.2) is 4.79 Å². The average molecular weight is 446 g/mol. The molecule has 0 aromatic carbocycles. The number of unbranched alkanes of at least 4 members (excludes halogenated alkanes) is 6. The Morgan fingerprint density at radius 1 is 0.833 bits per heavy atom. The Hall–Kier alpha value is -1.08. The summed E-state index contributed by atoms with van der Waals surface area (Å²) in [7, 11) is -1.84. The lowest BCUT2D eigenvalue weighted by molar-refractivity contribution is -0.137. The van der Waals surface area contributed by atoms with E-state index in [4.69, 9.17) is 14.3 Å². The molecule has 0 aliphatic carbocycles. The number of hydrogen-bond donors (Lipinski definition) is 1. The van der Waals surface area contributed by atoms with E-state index in [1.54, 1.807) is 4.90 Å². The second kappa shape index (κ2) is 13.4. The highest BCUT2D eigenvalue weighted by Crippen LogP contribution is 2.36. The molecule has 30 heavy (non-hydrogen) atoms. The molecule has 0 aromatic heterocycles. The molecule has 0 bridgehead atoms. The fraction of sp³-hybridized carbons (Fsp3) is 0.913. The molecular formula is C23H47NO5Si. The minimum absolute atomic E-state index is 0.147. The number of carbonyl (C=O) groups is 2. The fourth-order valence-electron chi connectivity index (χ4n) is 2.71. The SMILES string of the molecule is CC(C)(C)OC(=O)N(CCCCCCCCCC(=O)O)CCO[Si](C)(C)C(C)(C)C. The van der Waals surface area contributed by atoms with Crippen molar-refractivity contribution in [2.75, 3.05) is 19.7 Å². The zero-order valence-electron chi connectivity index (χ0n) is 20.8. The Balaban J connectivity index is 4.39. The summed E-state index contributed by atoms with van der Waals surface area (Å²) >= 11 is 0. The van der Waals surface area contributed by atoms with Crippen molar-refractivity contribution in [3.63, 3.8) is 0 Å². The highest BCUT2D eigenvalue weighted by atomic mass is 28.4. The monoisotopic (exact) mass is 445 g/mol. The van der Waals surface area contributed by atoms with E-state index in [-0.39, 0.29) is 17.6 Å². The van der Waals surface area contributed by atoms with Gasteiger partial charge in [0, 0.05) is 19.5 Å². The number of hydrogen-bond acceptors (Lipinski definition) is 4. The zero-order valence-corrected chi connectivity index (χ0v) is 21.8. The first-order chi connectivity index (χ1) is 13.7. The van der Waals surface area contributed by atoms with Crippen LogP contribution < -0.4 is 0 Å². The fourth-order valence-corrected chi connectivity index (χ4v) is 3.75. The van der Waals surface area contributed by atoms with Crippen molar-refractivity contribution in [2.24, 2.45) is 0 Å². The summed E-state index contributed by atoms with van der Waals surface area (Å²) in [6.07, 6.45) is 7.02. The third-order valence-electron chi connectivity index (χ3n) is 5.60. The highest BCUT2D eigenvalue weighted by Gasteiger charge is 2.37. The van der Waals surface area contributed by atoms with E-state index in [0.717, 1.165) is 44.9 Å². The van der Waals surface area contributed by atoms with E-state index in [9.17, 15) is 9.59 Å². The molecule has 1 N–H and O–H groups in total. The van der Waals surface area contributed by atoms with Gasteiger partial charge in [-0.05, 0) is 51.7 Å². The van der Waals surface area contributed by atoms with Gasteiger partial charge in [0.15, 0.2) is 8.32 Å². The summed E-state index contributed by atoms with van der Waals surface area (Å²) < 4.78 is 11.8. The van der Waals surface area contributed by atoms with Crippen molar-refractivity contribution in [1.82, 2.24) is 4.90 Å². The molecule has 0 aliphatic heterocycles. The van der Waals surface area contributed by atoms with E-state index < -0.39 is 19.9 Å². The third kappa shape index (κ3) is 14.0. The lowest BCUT2D eigenvalue weighted by Gasteiger charge is -2.37. The van der Waals surface area contributed by atoms with Crippen LogP contribution in [0.5, 0.6) is 0 Å². The summed E-state index contributed by atoms with van der Waals surface area (Å²) in [6, 6.07) is 0. The first-order valence-electron chi connectivity index (χ1n) is 11.5. The van der Waals surface area contributed by atoms with Crippen molar-refractivity contribution < 1.29 is 23.9 Å². The number of carboxylic acid groups (broad SMARTS) is 1. The zero-order chi connectivity index (χ0) is 23.4. The van der Waals surface area contributed by atoms with Gasteiger partial charge in [0.05, 0.1) is 6.61 Å². The maximum Gasteiger partial charge on any atom is 0.410 e. The van der Waals surface area contributed by atoms with Crippen LogP contribution >= 0.6 is 0 Å². The number of carbonyl (C=O) groups excluding carboxylic acids is 1. The Kier molecular flexibility index (Phi) is 12.9. The lowest BCUT2D eigenvalue weighted by atomic mass is 10.1. The van der Waals surface area contributed by atoms with Crippen LogP contribution in [-0.2, 0) is 14.0 Å². The van der Waals surface area contributed by atoms with Gasteiger partial charge in [-0.2, -0.15) is 0 Å². The largest absolute Gasteiger partial charge is 0.481 e. The van der Waals surface area contributed by atoms with Gasteiger partial charge < -0.3 is 19.2 Å². The number of carboxylic acids is 1. The third-order valence-corrected chi connectivity index (χ3v) is 10.1. The van der Waals surface area contributed by atoms with Crippen LogP contribution in [0.1, 0.15) is 92.9 Å². The molecule has 178 valence electrons. The average Bonchev–Trinajstić information content (AvgIpc) is 2.55. The molecule has 0 fully saturated rings. The van der Waals surface area contributed by atoms with Crippen LogP contribution in [0, 0.1) is 0 Å². The molecule has 0 radical (unpaired) electrons. The molecule has 0 saturated carbocycles. The van der Waals surface area contributed by atoms with Crippen LogP contribution in [0.25, 0.3) is 0 Å². The molecule has 0 aliphatic rings. The van der Waals surface area contributed by atoms with Crippen molar-refractivity contribution in [3.8, 4) is 0 Å². The van der Waals surface area contributed by atoms with E-state index in [0.29, 0.717) is 19.7 Å². The summed E-state index contributed by atoms with van der Waals surface area (Å²) in [4.78, 5) is 24.9. The van der Waals surface area contributed by atoms with Gasteiger partial charge in [-0.3, -0.25) is 4.79 Å². The predicted octanol–water partition coefficient (Wildman–Crippen LogP) is 6.45. The van der Waals surface area contributed by atoms with Gasteiger partial charge in [-0.15, -0.1) is 0 Å². The maximum atomic E-state index is 12.6. The molecule has 6 nitrogen and oxygen atoms in total. The standard InChI is InChI=1S/C23H47NO5Si/c1-22(2,3)29-21(27)24(18-19-28-30(7,8)23(4,5)6)17-15-13-11-9-10-12-14-16-20(25)26/h9-19H2,1-8H3,(H,25,26). The summed E-state index contributed by atoms with van der Waals surface area (Å²) in [6.45, 7) is 18.5. The summed E-state index contributed by atoms with van der Waals surface area (Å²) in [5.41, 5.74) is -0.508. The van der Waals surface area contributed by atoms with Gasteiger partial charge in [0.2, 0.25) is 0 Å². The maximum absolute atomic E-state index is 12.6. The molecule has 1 amide bonds. The van der Waals surface area contributed by atoms with Crippen LogP contribution in [-0.4, -0.2) is 55.7 Å². The van der Waals surface area contributed by atoms with E-state index in [1.165, 1.54) is 0 Å². The van der Waals surface area contributed by atoms with Crippen LogP contribution in [0.2, 0.25) is 18.1 Å². The first kappa shape index (κ1) is 28.9. The Bertz CT molecular complexity index is 509. The minimum Gasteiger partial charge on any atom is -0.481 e. The molecule has 7 heteroatoms. The number of aliphatic carboxylic acids is 1. The first-order valence-corrected chi connectivity index (χ1v) is 14.4. The van der Waals surface area contributed by atoms with Crippen molar-refractivity contribution in [3.05, 3.63) is 0 Å². The normalized spacial score (nSPS) is 12.7. The van der Waals surface area contributed by atoms with Gasteiger partial charge in [0.1, 0.15) is 5.60 Å². The van der Waals surface area contributed by atoms with Crippen molar-refractivity contribution in [2.45, 2.75) is 117 Å². The number of amides is 1. The molecule has 0 atom stereocenters. The lowest BCUT2D eigenvalue weighted by Crippen LogP contribution is -2.44. The number of rotatable bonds is 14. The van der Waals surface area contributed by atoms with Crippen molar-refractivity contribution >= 4 is 20.4 Å². The van der Waals surface area contributed by atoms with Gasteiger partial charge in [0.25, 0.3) is 0 Å². The Morgan fingerprint density at radius 2 is 1.33 bits per heavy atom. The summed E-state index contributed by atoms with van der Waals surface area (Å²) in [5.74, 6) is -0.713. The topological polar surface area (TPSA) is 76.1 Å². The quantitative estimate of drug-likeness (QED) is 0.245. The molecule has 0 rings (SSSR count). The number of ether oxygens (including phenoxy) is 1. The van der Waals surface area contributed by atoms with E-state index in [1.807, 2.05) is 20.8 Å². The Labute approximate surface area is 185 Å². The molecule has 0 unspecified atom stereocenters. The molecule has 0 heterocycles. The van der Waals surface area contributed by atoms with Gasteiger partial charge in [-0.1, -0.05) is 52.9 Å². The van der Waals surface area contributed by atoms with Gasteiger partial charge >= 0.3 is 12.1 Å². The molecule has 0 aromatic rings. The van der Waals surface area contributed by atoms with Crippen molar-refractivity contribution in [1.29, 1.82) is 0 Å². The van der Waals surface area contributed by atoms with E-state index >= 15 is 0 Å². The Morgan fingerprint density at radius 3 is 1.80 bits per heavy atom. The number of nitrogens with zero attached hydrogens (tertiary/aromatic N) is 1. The van der Waals surface area contributed by atoms with Crippen LogP contribution in [0.3, 0.4) is 0 Å². The second-order valence-electron chi connectivity index (χ2n) is 10.7. The smallest absolute Gasteiger partial charge is 0.410 e.